The van der Waals surface area contributed by atoms with E-state index in [-0.39, 0.29) is 5.91 Å². The summed E-state index contributed by atoms with van der Waals surface area (Å²) in [6.07, 6.45) is 0.843. The number of nitrogens with zero attached hydrogens (tertiary/aromatic N) is 6. The zero-order chi connectivity index (χ0) is 20.9. The number of anilines is 2. The van der Waals surface area contributed by atoms with Gasteiger partial charge in [-0.2, -0.15) is 4.68 Å². The first kappa shape index (κ1) is 20.2. The van der Waals surface area contributed by atoms with Crippen molar-refractivity contribution in [1.29, 1.82) is 0 Å². The van der Waals surface area contributed by atoms with Crippen LogP contribution in [0.15, 0.2) is 65.1 Å². The standard InChI is InChI=1S/C21H20N6OS2/c1-3-16-9-7-8-12-19(16)26(15(2)28)20-22-17(13-29-20)14-30-21-23-24-25-27(21)18-10-5-4-6-11-18/h4-13H,3,14H2,1-2H3. The van der Waals surface area contributed by atoms with Crippen molar-refractivity contribution in [2.75, 3.05) is 4.90 Å². The number of thiazole rings is 1. The monoisotopic (exact) mass is 436 g/mol. The van der Waals surface area contributed by atoms with E-state index in [4.69, 9.17) is 4.98 Å². The van der Waals surface area contributed by atoms with Crippen LogP contribution in [0.2, 0.25) is 0 Å². The van der Waals surface area contributed by atoms with Crippen molar-refractivity contribution in [1.82, 2.24) is 25.2 Å². The molecule has 0 atom stereocenters. The largest absolute Gasteiger partial charge is 0.274 e. The fourth-order valence-electron chi connectivity index (χ4n) is 3.04. The highest BCUT2D eigenvalue weighted by Gasteiger charge is 2.20. The first-order chi connectivity index (χ1) is 14.7. The van der Waals surface area contributed by atoms with Gasteiger partial charge in [0.05, 0.1) is 17.1 Å². The average molecular weight is 437 g/mol. The van der Waals surface area contributed by atoms with Crippen molar-refractivity contribution in [2.24, 2.45) is 0 Å². The van der Waals surface area contributed by atoms with Crippen molar-refractivity contribution >= 4 is 39.8 Å². The zero-order valence-corrected chi connectivity index (χ0v) is 18.2. The van der Waals surface area contributed by atoms with Crippen LogP contribution >= 0.6 is 23.1 Å². The Hall–Kier alpha value is -3.04. The fraction of sp³-hybridized carbons (Fsp3) is 0.190. The van der Waals surface area contributed by atoms with Gasteiger partial charge in [-0.3, -0.25) is 9.69 Å². The van der Waals surface area contributed by atoms with E-state index in [0.29, 0.717) is 16.0 Å². The molecule has 0 spiro atoms. The van der Waals surface area contributed by atoms with Crippen LogP contribution in [-0.4, -0.2) is 31.1 Å². The van der Waals surface area contributed by atoms with Crippen LogP contribution in [-0.2, 0) is 17.0 Å². The second-order valence-electron chi connectivity index (χ2n) is 6.46. The van der Waals surface area contributed by atoms with E-state index >= 15 is 0 Å². The van der Waals surface area contributed by atoms with Gasteiger partial charge in [0, 0.05) is 18.1 Å². The number of benzene rings is 2. The minimum Gasteiger partial charge on any atom is -0.274 e. The van der Waals surface area contributed by atoms with E-state index in [2.05, 4.69) is 22.4 Å². The Kier molecular flexibility index (Phi) is 6.20. The van der Waals surface area contributed by atoms with Crippen molar-refractivity contribution in [3.8, 4) is 5.69 Å². The summed E-state index contributed by atoms with van der Waals surface area (Å²) in [5.74, 6) is 0.544. The summed E-state index contributed by atoms with van der Waals surface area (Å²) < 4.78 is 1.71. The van der Waals surface area contributed by atoms with Gasteiger partial charge in [-0.05, 0) is 40.6 Å². The molecule has 2 heterocycles. The van der Waals surface area contributed by atoms with Crippen LogP contribution in [0.5, 0.6) is 0 Å². The number of carbonyl (C=O) groups is 1. The molecule has 7 nitrogen and oxygen atoms in total. The number of rotatable bonds is 7. The zero-order valence-electron chi connectivity index (χ0n) is 16.6. The number of aryl methyl sites for hydroxylation is 1. The number of amides is 1. The summed E-state index contributed by atoms with van der Waals surface area (Å²) in [6.45, 7) is 3.65. The van der Waals surface area contributed by atoms with E-state index < -0.39 is 0 Å². The van der Waals surface area contributed by atoms with Gasteiger partial charge in [-0.1, -0.05) is 55.1 Å². The molecule has 4 rings (SSSR count). The molecule has 30 heavy (non-hydrogen) atoms. The molecule has 0 bridgehead atoms. The molecule has 0 aliphatic carbocycles. The Bertz CT molecular complexity index is 1140. The molecule has 1 amide bonds. The SMILES string of the molecule is CCc1ccccc1N(C(C)=O)c1nc(CSc2nnnn2-c2ccccc2)cs1. The molecule has 0 radical (unpaired) electrons. The summed E-state index contributed by atoms with van der Waals surface area (Å²) in [5, 5.41) is 15.3. The summed E-state index contributed by atoms with van der Waals surface area (Å²) >= 11 is 2.97. The second kappa shape index (κ2) is 9.19. The van der Waals surface area contributed by atoms with Crippen molar-refractivity contribution in [2.45, 2.75) is 31.2 Å². The summed E-state index contributed by atoms with van der Waals surface area (Å²) in [6, 6.07) is 17.7. The Morgan fingerprint density at radius 1 is 1.13 bits per heavy atom. The molecule has 0 N–H and O–H groups in total. The predicted molar refractivity (Wildman–Crippen MR) is 119 cm³/mol. The highest BCUT2D eigenvalue weighted by molar-refractivity contribution is 7.98. The predicted octanol–water partition coefficient (Wildman–Crippen LogP) is 4.66. The molecule has 4 aromatic rings. The summed E-state index contributed by atoms with van der Waals surface area (Å²) in [4.78, 5) is 18.8. The molecule has 0 saturated heterocycles. The lowest BCUT2D eigenvalue weighted by Gasteiger charge is -2.20. The van der Waals surface area contributed by atoms with Crippen LogP contribution in [0.1, 0.15) is 25.1 Å². The van der Waals surface area contributed by atoms with Gasteiger partial charge >= 0.3 is 0 Å². The number of thioether (sulfide) groups is 1. The van der Waals surface area contributed by atoms with Gasteiger partial charge in [0.15, 0.2) is 5.13 Å². The Balaban J connectivity index is 1.53. The van der Waals surface area contributed by atoms with Gasteiger partial charge in [0.1, 0.15) is 0 Å². The number of hydrogen-bond donors (Lipinski definition) is 0. The molecule has 0 unspecified atom stereocenters. The maximum Gasteiger partial charge on any atom is 0.230 e. The lowest BCUT2D eigenvalue weighted by atomic mass is 10.1. The number of hydrogen-bond acceptors (Lipinski definition) is 7. The number of para-hydroxylation sites is 2. The van der Waals surface area contributed by atoms with E-state index in [1.54, 1.807) is 16.5 Å². The smallest absolute Gasteiger partial charge is 0.230 e. The Labute approximate surface area is 182 Å². The third kappa shape index (κ3) is 4.27. The van der Waals surface area contributed by atoms with E-state index in [1.807, 2.05) is 60.0 Å². The number of tetrazole rings is 1. The van der Waals surface area contributed by atoms with Gasteiger partial charge in [-0.25, -0.2) is 4.98 Å². The molecule has 2 aromatic heterocycles. The first-order valence-electron chi connectivity index (χ1n) is 9.47. The second-order valence-corrected chi connectivity index (χ2v) is 8.23. The van der Waals surface area contributed by atoms with Gasteiger partial charge in [0.2, 0.25) is 11.1 Å². The van der Waals surface area contributed by atoms with E-state index in [1.165, 1.54) is 23.1 Å². The minimum absolute atomic E-state index is 0.0579. The van der Waals surface area contributed by atoms with Crippen LogP contribution in [0.25, 0.3) is 5.69 Å². The molecular formula is C21H20N6OS2. The van der Waals surface area contributed by atoms with Crippen molar-refractivity contribution in [3.63, 3.8) is 0 Å². The van der Waals surface area contributed by atoms with E-state index in [9.17, 15) is 4.79 Å². The van der Waals surface area contributed by atoms with Gasteiger partial charge in [0.25, 0.3) is 0 Å². The van der Waals surface area contributed by atoms with Crippen LogP contribution in [0.3, 0.4) is 0 Å². The topological polar surface area (TPSA) is 76.8 Å². The van der Waals surface area contributed by atoms with Gasteiger partial charge in [-0.15, -0.1) is 16.4 Å². The molecule has 0 saturated carbocycles. The highest BCUT2D eigenvalue weighted by Crippen LogP contribution is 2.33. The van der Waals surface area contributed by atoms with Gasteiger partial charge < -0.3 is 0 Å². The summed E-state index contributed by atoms with van der Waals surface area (Å²) in [7, 11) is 0. The van der Waals surface area contributed by atoms with Crippen molar-refractivity contribution < 1.29 is 4.79 Å². The van der Waals surface area contributed by atoms with E-state index in [0.717, 1.165) is 29.1 Å². The first-order valence-corrected chi connectivity index (χ1v) is 11.3. The maximum atomic E-state index is 12.4. The minimum atomic E-state index is -0.0579. The molecule has 9 heteroatoms. The Morgan fingerprint density at radius 3 is 2.67 bits per heavy atom. The lowest BCUT2D eigenvalue weighted by molar-refractivity contribution is -0.115. The highest BCUT2D eigenvalue weighted by atomic mass is 32.2. The lowest BCUT2D eigenvalue weighted by Crippen LogP contribution is -2.23. The molecule has 0 fully saturated rings. The number of aromatic nitrogens is 5. The summed E-state index contributed by atoms with van der Waals surface area (Å²) in [5.41, 5.74) is 3.78. The van der Waals surface area contributed by atoms with Crippen LogP contribution < -0.4 is 4.90 Å². The third-order valence-electron chi connectivity index (χ3n) is 4.45. The quantitative estimate of drug-likeness (QED) is 0.392. The molecule has 0 aliphatic heterocycles. The fourth-order valence-corrected chi connectivity index (χ4v) is 4.81. The molecule has 2 aromatic carbocycles. The van der Waals surface area contributed by atoms with Crippen LogP contribution in [0.4, 0.5) is 10.8 Å². The Morgan fingerprint density at radius 2 is 1.90 bits per heavy atom. The number of carbonyl (C=O) groups excluding carboxylic acids is 1. The maximum absolute atomic E-state index is 12.4. The average Bonchev–Trinajstić information content (AvgIpc) is 3.43. The third-order valence-corrected chi connectivity index (χ3v) is 6.28. The molecular weight excluding hydrogens is 416 g/mol. The normalized spacial score (nSPS) is 10.9. The van der Waals surface area contributed by atoms with Crippen LogP contribution in [0, 0.1) is 0 Å². The molecule has 0 aliphatic rings. The van der Waals surface area contributed by atoms with Crippen molar-refractivity contribution in [3.05, 3.63) is 71.2 Å². The molecule has 152 valence electrons.